The second kappa shape index (κ2) is 51.3. The van der Waals surface area contributed by atoms with Crippen LogP contribution in [0.2, 0.25) is 0 Å². The Hall–Kier alpha value is -5.88. The number of esters is 6. The average Bonchev–Trinajstić information content (AvgIpc) is 0.962. The number of likely N-dealkylation sites (tertiary alicyclic amines) is 2. The molecule has 0 N–H and O–H groups in total. The van der Waals surface area contributed by atoms with Crippen LogP contribution in [-0.4, -0.2) is 159 Å². The van der Waals surface area contributed by atoms with Crippen molar-refractivity contribution in [3.63, 3.8) is 0 Å². The fraction of sp³-hybridized carbons (Fsp3) is 0.750. The zero-order valence-corrected chi connectivity index (χ0v) is 61.2. The molecule has 3 fully saturated rings. The van der Waals surface area contributed by atoms with Gasteiger partial charge >= 0.3 is 35.8 Å². The van der Waals surface area contributed by atoms with Crippen molar-refractivity contribution in [1.82, 2.24) is 19.6 Å². The molecular weight excluding hydrogens is 1240 g/mol. The number of rotatable bonds is 52. The monoisotopic (exact) mass is 1370 g/mol. The number of hydrogen-bond donors (Lipinski definition) is 0. The van der Waals surface area contributed by atoms with Gasteiger partial charge in [-0.05, 0) is 175 Å². The van der Waals surface area contributed by atoms with Crippen LogP contribution in [0.25, 0.3) is 0 Å². The molecule has 18 heteroatoms. The van der Waals surface area contributed by atoms with Gasteiger partial charge in [0.15, 0.2) is 0 Å². The van der Waals surface area contributed by atoms with Gasteiger partial charge in [0.05, 0.1) is 52.4 Å². The normalized spacial score (nSPS) is 15.5. The first kappa shape index (κ1) is 82.8. The Morgan fingerprint density at radius 2 is 0.673 bits per heavy atom. The molecule has 3 aliphatic heterocycles. The van der Waals surface area contributed by atoms with Gasteiger partial charge in [-0.3, -0.25) is 48.2 Å². The van der Waals surface area contributed by atoms with Gasteiger partial charge in [-0.25, -0.2) is 0 Å². The van der Waals surface area contributed by atoms with Gasteiger partial charge in [0.25, 0.3) is 0 Å². The van der Waals surface area contributed by atoms with E-state index in [2.05, 4.69) is 37.5 Å². The zero-order chi connectivity index (χ0) is 70.2. The minimum atomic E-state index is -0.298. The standard InChI is InChI=1S/C80H128N4O14/c1-5-9-13-21-29-69(27-11-7-3)63-95-75(87)31-23-17-15-19-25-33-77(89)97-71-39-35-67(36-40-71)59-79(91)93-57-47-65-43-49-81(50-44-65)61-73(85)83-53-55-84(56-54-83)74(86)62-82-51-45-66(46-52-82)48-58-94-80(92)60-68-37-41-72(42-38-68)98-78(90)34-26-20-16-18-24-32-76(88)96-64-70(28-12-8-4)30-22-14-10-6-2/h35-42,65-66,69-70H,5-34,43-64H2,1-4H3. The van der Waals surface area contributed by atoms with Crippen LogP contribution < -0.4 is 9.47 Å². The lowest BCUT2D eigenvalue weighted by molar-refractivity contribution is -0.146. The number of nitrogens with zero attached hydrogens (tertiary/aromatic N) is 4. The minimum absolute atomic E-state index is 0.0953. The summed E-state index contributed by atoms with van der Waals surface area (Å²) in [6.45, 7) is 16.7. The number of carbonyl (C=O) groups excluding carboxylic acids is 8. The van der Waals surface area contributed by atoms with Crippen LogP contribution in [-0.2, 0) is 70.1 Å². The van der Waals surface area contributed by atoms with Crippen LogP contribution in [0.1, 0.15) is 270 Å². The van der Waals surface area contributed by atoms with E-state index >= 15 is 0 Å². The first-order chi connectivity index (χ1) is 47.7. The fourth-order valence-electron chi connectivity index (χ4n) is 13.5. The molecule has 98 heavy (non-hydrogen) atoms. The Bertz CT molecular complexity index is 2370. The first-order valence-electron chi connectivity index (χ1n) is 38.9. The van der Waals surface area contributed by atoms with E-state index in [1.54, 1.807) is 48.5 Å². The summed E-state index contributed by atoms with van der Waals surface area (Å²) >= 11 is 0. The van der Waals surface area contributed by atoms with Crippen LogP contribution in [0.5, 0.6) is 11.5 Å². The highest BCUT2D eigenvalue weighted by atomic mass is 16.6. The molecule has 2 amide bonds. The molecule has 3 heterocycles. The Labute approximate surface area is 589 Å². The summed E-state index contributed by atoms with van der Waals surface area (Å²) in [6, 6.07) is 14.0. The smallest absolute Gasteiger partial charge is 0.311 e. The number of unbranched alkanes of at least 4 members (excludes halogenated alkanes) is 16. The fourth-order valence-corrected chi connectivity index (χ4v) is 13.5. The molecule has 0 aromatic heterocycles. The van der Waals surface area contributed by atoms with E-state index < -0.39 is 0 Å². The molecule has 0 spiro atoms. The van der Waals surface area contributed by atoms with Gasteiger partial charge in [-0.2, -0.15) is 0 Å². The Morgan fingerprint density at radius 3 is 1.02 bits per heavy atom. The number of benzene rings is 2. The van der Waals surface area contributed by atoms with E-state index in [1.807, 2.05) is 9.80 Å². The topological polar surface area (TPSA) is 205 Å². The summed E-state index contributed by atoms with van der Waals surface area (Å²) in [5.74, 6) is 1.49. The van der Waals surface area contributed by atoms with Crippen molar-refractivity contribution >= 4 is 47.6 Å². The number of carbonyl (C=O) groups is 8. The van der Waals surface area contributed by atoms with Crippen LogP contribution in [0, 0.1) is 23.7 Å². The lowest BCUT2D eigenvalue weighted by Crippen LogP contribution is -2.54. The first-order valence-corrected chi connectivity index (χ1v) is 38.9. The van der Waals surface area contributed by atoms with Crippen molar-refractivity contribution in [3.8, 4) is 11.5 Å². The molecule has 2 aromatic rings. The molecule has 3 aliphatic rings. The van der Waals surface area contributed by atoms with Crippen molar-refractivity contribution in [2.24, 2.45) is 23.7 Å². The highest BCUT2D eigenvalue weighted by Gasteiger charge is 2.29. The number of hydrogen-bond acceptors (Lipinski definition) is 16. The van der Waals surface area contributed by atoms with Crippen LogP contribution in [0.4, 0.5) is 0 Å². The second-order valence-corrected chi connectivity index (χ2v) is 28.4. The Kier molecular flexibility index (Phi) is 43.3. The van der Waals surface area contributed by atoms with Gasteiger partial charge in [-0.1, -0.05) is 168 Å². The summed E-state index contributed by atoms with van der Waals surface area (Å²) < 4.78 is 33.6. The van der Waals surface area contributed by atoms with E-state index in [-0.39, 0.29) is 60.5 Å². The third-order valence-corrected chi connectivity index (χ3v) is 20.0. The quantitative estimate of drug-likeness (QED) is 0.0261. The van der Waals surface area contributed by atoms with Gasteiger partial charge in [0.2, 0.25) is 11.8 Å². The van der Waals surface area contributed by atoms with Crippen LogP contribution in [0.3, 0.4) is 0 Å². The summed E-state index contributed by atoms with van der Waals surface area (Å²) in [7, 11) is 0. The van der Waals surface area contributed by atoms with E-state index in [0.717, 1.165) is 179 Å². The molecule has 2 aromatic carbocycles. The maximum atomic E-state index is 13.4. The van der Waals surface area contributed by atoms with Crippen molar-refractivity contribution in [3.05, 3.63) is 59.7 Å². The van der Waals surface area contributed by atoms with Gasteiger partial charge in [0, 0.05) is 51.9 Å². The summed E-state index contributed by atoms with van der Waals surface area (Å²) in [5, 5.41) is 0. The maximum absolute atomic E-state index is 13.4. The van der Waals surface area contributed by atoms with Crippen LogP contribution in [0.15, 0.2) is 48.5 Å². The highest BCUT2D eigenvalue weighted by molar-refractivity contribution is 5.81. The largest absolute Gasteiger partial charge is 0.465 e. The number of amides is 2. The third-order valence-electron chi connectivity index (χ3n) is 20.0. The number of piperazine rings is 1. The minimum Gasteiger partial charge on any atom is -0.465 e. The molecule has 0 bridgehead atoms. The summed E-state index contributed by atoms with van der Waals surface area (Å²) in [6.07, 6.45) is 34.8. The molecule has 0 aliphatic carbocycles. The van der Waals surface area contributed by atoms with Crippen molar-refractivity contribution in [2.45, 2.75) is 272 Å². The maximum Gasteiger partial charge on any atom is 0.311 e. The molecule has 18 nitrogen and oxygen atoms in total. The van der Waals surface area contributed by atoms with Crippen molar-refractivity contribution in [2.75, 3.05) is 91.9 Å². The van der Waals surface area contributed by atoms with Gasteiger partial charge in [0.1, 0.15) is 11.5 Å². The third kappa shape index (κ3) is 37.5. The Balaban J connectivity index is 0.806. The van der Waals surface area contributed by atoms with Gasteiger partial charge < -0.3 is 38.2 Å². The zero-order valence-electron chi connectivity index (χ0n) is 61.2. The molecule has 3 saturated heterocycles. The predicted octanol–water partition coefficient (Wildman–Crippen LogP) is 15.3. The number of piperidine rings is 2. The van der Waals surface area contributed by atoms with Crippen molar-refractivity contribution < 1.29 is 66.8 Å². The summed E-state index contributed by atoms with van der Waals surface area (Å²) in [5.41, 5.74) is 1.56. The van der Waals surface area contributed by atoms with E-state index in [1.165, 1.54) is 64.2 Å². The molecule has 2 unspecified atom stereocenters. The second-order valence-electron chi connectivity index (χ2n) is 28.4. The molecule has 5 rings (SSSR count). The summed E-state index contributed by atoms with van der Waals surface area (Å²) in [4.78, 5) is 110. The molecule has 552 valence electrons. The average molecular weight is 1370 g/mol. The van der Waals surface area contributed by atoms with E-state index in [0.29, 0.717) is 127 Å². The van der Waals surface area contributed by atoms with Crippen molar-refractivity contribution in [1.29, 1.82) is 0 Å². The molecular formula is C80H128N4O14. The molecule has 0 saturated carbocycles. The molecule has 0 radical (unpaired) electrons. The van der Waals surface area contributed by atoms with E-state index in [9.17, 15) is 38.4 Å². The highest BCUT2D eigenvalue weighted by Crippen LogP contribution is 2.26. The Morgan fingerprint density at radius 1 is 0.357 bits per heavy atom. The lowest BCUT2D eigenvalue weighted by atomic mass is 9.94. The lowest BCUT2D eigenvalue weighted by Gasteiger charge is -2.38. The molecule has 2 atom stereocenters. The van der Waals surface area contributed by atoms with Crippen LogP contribution >= 0.6 is 0 Å². The number of ether oxygens (including phenoxy) is 6. The predicted molar refractivity (Wildman–Crippen MR) is 384 cm³/mol. The SMILES string of the molecule is CCCCCCC(CCCC)COC(=O)CCCCCCCC(=O)Oc1ccc(CC(=O)OCCC2CCN(CC(=O)N3CCN(C(=O)CN4CCC(CCOC(=O)Cc5ccc(OC(=O)CCCCCCCC(=O)OCC(CCCC)CCCCCC)cc5)CC4)CC3)CC2)cc1. The van der Waals surface area contributed by atoms with E-state index in [4.69, 9.17) is 28.4 Å². The van der Waals surface area contributed by atoms with Gasteiger partial charge in [-0.15, -0.1) is 0 Å².